The predicted molar refractivity (Wildman–Crippen MR) is 159 cm³/mol. The molecule has 0 aromatic carbocycles. The Hall–Kier alpha value is -2.20. The van der Waals surface area contributed by atoms with E-state index in [2.05, 4.69) is 26.6 Å². The fraction of sp³-hybridized carbons (Fsp3) is 0.875. The number of carboxylic acids is 1. The van der Waals surface area contributed by atoms with Crippen molar-refractivity contribution >= 4 is 23.7 Å². The normalized spacial score (nSPS) is 30.2. The van der Waals surface area contributed by atoms with Gasteiger partial charge in [-0.15, -0.1) is 0 Å². The molecule has 2 heterocycles. The van der Waals surface area contributed by atoms with Gasteiger partial charge < -0.3 is 31.7 Å². The van der Waals surface area contributed by atoms with Gasteiger partial charge >= 0.3 is 5.97 Å². The molecule has 0 spiro atoms. The molecule has 4 bridgehead atoms. The van der Waals surface area contributed by atoms with Crippen molar-refractivity contribution in [2.24, 2.45) is 35.5 Å². The Bertz CT molecular complexity index is 904. The zero-order valence-electron chi connectivity index (χ0n) is 25.3. The highest BCUT2D eigenvalue weighted by Gasteiger charge is 2.52. The maximum Gasteiger partial charge on any atom is 0.305 e. The largest absolute Gasteiger partial charge is 0.481 e. The lowest BCUT2D eigenvalue weighted by Gasteiger charge is -2.57. The van der Waals surface area contributed by atoms with Gasteiger partial charge in [0.1, 0.15) is 6.04 Å². The first-order chi connectivity index (χ1) is 20.3. The van der Waals surface area contributed by atoms with Crippen LogP contribution in [-0.4, -0.2) is 73.1 Å². The van der Waals surface area contributed by atoms with Crippen molar-refractivity contribution in [2.75, 3.05) is 32.7 Å². The number of carboxylic acid groups (broad SMARTS) is 1. The molecule has 236 valence electrons. The van der Waals surface area contributed by atoms with Crippen molar-refractivity contribution in [3.05, 3.63) is 0 Å². The molecule has 0 aromatic rings. The third kappa shape index (κ3) is 8.68. The number of nitrogens with one attached hydrogen (secondary N) is 5. The maximum absolute atomic E-state index is 13.3. The van der Waals surface area contributed by atoms with Gasteiger partial charge in [-0.25, -0.2) is 0 Å². The van der Waals surface area contributed by atoms with Crippen LogP contribution in [0.25, 0.3) is 0 Å². The van der Waals surface area contributed by atoms with Gasteiger partial charge in [-0.05, 0) is 146 Å². The van der Waals surface area contributed by atoms with Crippen LogP contribution in [0.3, 0.4) is 0 Å². The van der Waals surface area contributed by atoms with Crippen LogP contribution in [0.15, 0.2) is 0 Å². The molecule has 6 aliphatic rings. The SMILES string of the molecule is O=C(O)C[C@H](NC(=O)CNC(=O)C(CCC1CCNCC1)CCC1CCNCC1)C(=O)NC12CC3CC(CC(C3)C1)C2. The molecule has 4 saturated carbocycles. The lowest BCUT2D eigenvalue weighted by Crippen LogP contribution is -2.63. The minimum absolute atomic E-state index is 0.110. The summed E-state index contributed by atoms with van der Waals surface area (Å²) in [5, 5.41) is 25.0. The van der Waals surface area contributed by atoms with E-state index in [1.807, 2.05) is 0 Å². The highest BCUT2D eigenvalue weighted by atomic mass is 16.4. The summed E-state index contributed by atoms with van der Waals surface area (Å²) in [5.74, 6) is 0.844. The monoisotopic (exact) mass is 587 g/mol. The third-order valence-corrected chi connectivity index (χ3v) is 11.0. The summed E-state index contributed by atoms with van der Waals surface area (Å²) in [7, 11) is 0. The van der Waals surface area contributed by atoms with Crippen LogP contribution in [0.4, 0.5) is 0 Å². The van der Waals surface area contributed by atoms with Crippen LogP contribution in [0, 0.1) is 35.5 Å². The van der Waals surface area contributed by atoms with Crippen LogP contribution in [0.5, 0.6) is 0 Å². The summed E-state index contributed by atoms with van der Waals surface area (Å²) in [6.45, 7) is 3.88. The van der Waals surface area contributed by atoms with Crippen molar-refractivity contribution in [1.82, 2.24) is 26.6 Å². The molecule has 2 saturated heterocycles. The average molecular weight is 588 g/mol. The van der Waals surface area contributed by atoms with E-state index in [1.165, 1.54) is 19.3 Å². The Morgan fingerprint density at radius 3 is 1.74 bits per heavy atom. The van der Waals surface area contributed by atoms with Crippen molar-refractivity contribution < 1.29 is 24.3 Å². The van der Waals surface area contributed by atoms with Gasteiger partial charge in [0.25, 0.3) is 0 Å². The van der Waals surface area contributed by atoms with E-state index in [4.69, 9.17) is 0 Å². The predicted octanol–water partition coefficient (Wildman–Crippen LogP) is 2.32. The molecular weight excluding hydrogens is 534 g/mol. The van der Waals surface area contributed by atoms with Gasteiger partial charge in [0.2, 0.25) is 17.7 Å². The first-order valence-electron chi connectivity index (χ1n) is 16.8. The number of rotatable bonds is 14. The first-order valence-corrected chi connectivity index (χ1v) is 16.8. The van der Waals surface area contributed by atoms with Gasteiger partial charge in [-0.3, -0.25) is 19.2 Å². The Kier molecular flexibility index (Phi) is 10.8. The summed E-state index contributed by atoms with van der Waals surface area (Å²) >= 11 is 0. The number of piperidine rings is 2. The minimum Gasteiger partial charge on any atom is -0.481 e. The van der Waals surface area contributed by atoms with E-state index in [-0.39, 0.29) is 23.9 Å². The average Bonchev–Trinajstić information content (AvgIpc) is 2.95. The van der Waals surface area contributed by atoms with E-state index in [9.17, 15) is 24.3 Å². The highest BCUT2D eigenvalue weighted by molar-refractivity contribution is 5.92. The molecule has 10 heteroatoms. The lowest BCUT2D eigenvalue weighted by atomic mass is 9.53. The Labute approximate surface area is 250 Å². The second-order valence-corrected chi connectivity index (χ2v) is 14.4. The van der Waals surface area contributed by atoms with Crippen molar-refractivity contribution in [3.8, 4) is 0 Å². The number of carbonyl (C=O) groups is 4. The molecule has 4 aliphatic carbocycles. The van der Waals surface area contributed by atoms with Crippen molar-refractivity contribution in [1.29, 1.82) is 0 Å². The van der Waals surface area contributed by atoms with E-state index in [1.54, 1.807) is 0 Å². The third-order valence-electron chi connectivity index (χ3n) is 11.0. The zero-order chi connectivity index (χ0) is 29.5. The van der Waals surface area contributed by atoms with Crippen LogP contribution >= 0.6 is 0 Å². The van der Waals surface area contributed by atoms with Crippen LogP contribution in [0.1, 0.15) is 96.3 Å². The summed E-state index contributed by atoms with van der Waals surface area (Å²) in [5.41, 5.74) is -0.266. The fourth-order valence-corrected chi connectivity index (χ4v) is 9.17. The summed E-state index contributed by atoms with van der Waals surface area (Å²) < 4.78 is 0. The number of hydrogen-bond donors (Lipinski definition) is 6. The van der Waals surface area contributed by atoms with Gasteiger partial charge in [0.05, 0.1) is 13.0 Å². The Balaban J connectivity index is 1.12. The molecule has 2 aliphatic heterocycles. The fourth-order valence-electron chi connectivity index (χ4n) is 9.17. The summed E-state index contributed by atoms with van der Waals surface area (Å²) in [6.07, 6.45) is 14.3. The van der Waals surface area contributed by atoms with Crippen LogP contribution < -0.4 is 26.6 Å². The molecule has 42 heavy (non-hydrogen) atoms. The minimum atomic E-state index is -1.16. The van der Waals surface area contributed by atoms with Crippen molar-refractivity contribution in [3.63, 3.8) is 0 Å². The quantitative estimate of drug-likeness (QED) is 0.183. The topological polar surface area (TPSA) is 149 Å². The second-order valence-electron chi connectivity index (χ2n) is 14.4. The van der Waals surface area contributed by atoms with E-state index >= 15 is 0 Å². The number of hydrogen-bond acceptors (Lipinski definition) is 6. The molecule has 3 amide bonds. The molecule has 6 rings (SSSR count). The zero-order valence-corrected chi connectivity index (χ0v) is 25.3. The van der Waals surface area contributed by atoms with Gasteiger partial charge in [-0.1, -0.05) is 0 Å². The molecule has 6 N–H and O–H groups in total. The van der Waals surface area contributed by atoms with E-state index < -0.39 is 30.2 Å². The Morgan fingerprint density at radius 2 is 1.26 bits per heavy atom. The van der Waals surface area contributed by atoms with E-state index in [0.29, 0.717) is 29.6 Å². The summed E-state index contributed by atoms with van der Waals surface area (Å²) in [4.78, 5) is 51.2. The molecule has 0 radical (unpaired) electrons. The Morgan fingerprint density at radius 1 is 0.762 bits per heavy atom. The number of carbonyl (C=O) groups excluding carboxylic acids is 3. The molecule has 10 nitrogen and oxygen atoms in total. The van der Waals surface area contributed by atoms with Gasteiger partial charge in [-0.2, -0.15) is 0 Å². The first kappa shape index (κ1) is 31.2. The maximum atomic E-state index is 13.3. The second kappa shape index (κ2) is 14.5. The highest BCUT2D eigenvalue weighted by Crippen LogP contribution is 2.55. The molecule has 1 atom stereocenters. The van der Waals surface area contributed by atoms with Gasteiger partial charge in [0.15, 0.2) is 0 Å². The standard InChI is InChI=1S/C32H53N5O5/c38-28(36-27(16-29(39)40)31(42)37-32-17-23-13-24(18-32)15-25(14-23)19-32)20-35-30(41)26(3-1-21-5-9-33-10-6-21)4-2-22-7-11-34-12-8-22/h21-27,33-34H,1-20H2,(H,35,41)(H,36,38)(H,37,42)(H,39,40)/t23?,24?,25?,27-,32?/m0/s1. The molecule has 0 aromatic heterocycles. The molecular formula is C32H53N5O5. The summed E-state index contributed by atoms with van der Waals surface area (Å²) in [6, 6.07) is -1.16. The van der Waals surface area contributed by atoms with Gasteiger partial charge in [0, 0.05) is 11.5 Å². The lowest BCUT2D eigenvalue weighted by molar-refractivity contribution is -0.142. The smallest absolute Gasteiger partial charge is 0.305 e. The van der Waals surface area contributed by atoms with Crippen molar-refractivity contribution in [2.45, 2.75) is 108 Å². The van der Waals surface area contributed by atoms with E-state index in [0.717, 1.165) is 96.8 Å². The number of amides is 3. The van der Waals surface area contributed by atoms with Crippen LogP contribution in [-0.2, 0) is 19.2 Å². The molecule has 0 unspecified atom stereocenters. The molecule has 6 fully saturated rings. The number of aliphatic carboxylic acids is 1. The van der Waals surface area contributed by atoms with Crippen LogP contribution in [0.2, 0.25) is 0 Å².